The summed E-state index contributed by atoms with van der Waals surface area (Å²) < 4.78 is 42.4. The van der Waals surface area contributed by atoms with E-state index in [2.05, 4.69) is 22.9 Å². The lowest BCUT2D eigenvalue weighted by Gasteiger charge is -2.12. The van der Waals surface area contributed by atoms with E-state index in [1.807, 2.05) is 0 Å². The molecule has 0 fully saturated rings. The molecule has 0 aliphatic heterocycles. The topological polar surface area (TPSA) is 9.23 Å². The van der Waals surface area contributed by atoms with Crippen LogP contribution in [0, 0.1) is 6.92 Å². The summed E-state index contributed by atoms with van der Waals surface area (Å²) in [4.78, 5) is 0. The number of ether oxygens (including phenoxy) is 1. The Bertz CT molecular complexity index is 347. The fourth-order valence-corrected chi connectivity index (χ4v) is 1.57. The Balaban J connectivity index is 3.32. The van der Waals surface area contributed by atoms with Gasteiger partial charge in [-0.1, -0.05) is 0 Å². The molecule has 0 unspecified atom stereocenters. The van der Waals surface area contributed by atoms with E-state index in [1.165, 1.54) is 13.2 Å². The molecule has 1 radical (unpaired) electrons. The third kappa shape index (κ3) is 2.20. The highest BCUT2D eigenvalue weighted by Gasteiger charge is 2.33. The average molecular weight is 268 g/mol. The number of rotatable bonds is 1. The molecule has 77 valence electrons. The number of alkyl halides is 3. The molecule has 0 saturated heterocycles. The van der Waals surface area contributed by atoms with Gasteiger partial charge in [0.25, 0.3) is 0 Å². The Kier molecular flexibility index (Phi) is 3.09. The molecular weight excluding hydrogens is 261 g/mol. The van der Waals surface area contributed by atoms with E-state index in [9.17, 15) is 13.2 Å². The van der Waals surface area contributed by atoms with Crippen molar-refractivity contribution in [2.45, 2.75) is 6.18 Å². The number of methoxy groups -OCH3 is 1. The van der Waals surface area contributed by atoms with Crippen LogP contribution in [0.2, 0.25) is 0 Å². The molecule has 1 rings (SSSR count). The van der Waals surface area contributed by atoms with E-state index in [0.29, 0.717) is 4.47 Å². The van der Waals surface area contributed by atoms with Crippen LogP contribution in [0.1, 0.15) is 11.1 Å². The van der Waals surface area contributed by atoms with Gasteiger partial charge in [-0.25, -0.2) is 0 Å². The lowest BCUT2D eigenvalue weighted by Crippen LogP contribution is -2.07. The van der Waals surface area contributed by atoms with Gasteiger partial charge in [-0.05, 0) is 40.5 Å². The second-order valence-corrected chi connectivity index (χ2v) is 3.50. The van der Waals surface area contributed by atoms with Gasteiger partial charge in [-0.15, -0.1) is 0 Å². The van der Waals surface area contributed by atoms with Crippen molar-refractivity contribution in [3.05, 3.63) is 34.7 Å². The summed E-state index contributed by atoms with van der Waals surface area (Å²) in [5.41, 5.74) is -0.859. The van der Waals surface area contributed by atoms with Gasteiger partial charge in [-0.2, -0.15) is 13.2 Å². The third-order valence-electron chi connectivity index (χ3n) is 1.68. The maximum atomic E-state index is 12.4. The first-order valence-corrected chi connectivity index (χ1v) is 4.42. The highest BCUT2D eigenvalue weighted by atomic mass is 79.9. The van der Waals surface area contributed by atoms with Gasteiger partial charge in [0.05, 0.1) is 17.1 Å². The van der Waals surface area contributed by atoms with Crippen LogP contribution in [0.5, 0.6) is 5.75 Å². The molecule has 1 aromatic carbocycles. The SMILES string of the molecule is [CH2]c1cc(Br)c(OC)cc1C(F)(F)F. The van der Waals surface area contributed by atoms with Crippen molar-refractivity contribution in [1.82, 2.24) is 0 Å². The number of halogens is 4. The highest BCUT2D eigenvalue weighted by molar-refractivity contribution is 9.10. The molecular formula is C9H7BrF3O. The minimum atomic E-state index is -4.40. The van der Waals surface area contributed by atoms with Gasteiger partial charge < -0.3 is 4.74 Å². The van der Waals surface area contributed by atoms with Crippen LogP contribution < -0.4 is 4.74 Å². The van der Waals surface area contributed by atoms with Gasteiger partial charge in [-0.3, -0.25) is 0 Å². The van der Waals surface area contributed by atoms with Gasteiger partial charge in [0.2, 0.25) is 0 Å². The van der Waals surface area contributed by atoms with Crippen molar-refractivity contribution in [1.29, 1.82) is 0 Å². The molecule has 0 aliphatic rings. The van der Waals surface area contributed by atoms with Crippen molar-refractivity contribution >= 4 is 15.9 Å². The molecule has 0 heterocycles. The van der Waals surface area contributed by atoms with Crippen molar-refractivity contribution in [2.24, 2.45) is 0 Å². The average Bonchev–Trinajstić information content (AvgIpc) is 2.02. The molecule has 0 N–H and O–H groups in total. The molecule has 0 amide bonds. The summed E-state index contributed by atoms with van der Waals surface area (Å²) in [6, 6.07) is 2.20. The quantitative estimate of drug-likeness (QED) is 0.755. The standard InChI is InChI=1S/C9H7BrF3O/c1-5-3-7(10)8(14-2)4-6(5)9(11,12)13/h3-4H,1H2,2H3. The van der Waals surface area contributed by atoms with Crippen LogP contribution in [0.4, 0.5) is 13.2 Å². The first-order chi connectivity index (χ1) is 6.36. The molecule has 0 spiro atoms. The molecule has 1 nitrogen and oxygen atoms in total. The summed E-state index contributed by atoms with van der Waals surface area (Å²) in [7, 11) is 1.31. The zero-order chi connectivity index (χ0) is 10.9. The predicted molar refractivity (Wildman–Crippen MR) is 50.2 cm³/mol. The Morgan fingerprint density at radius 1 is 1.36 bits per heavy atom. The molecule has 14 heavy (non-hydrogen) atoms. The van der Waals surface area contributed by atoms with E-state index in [0.717, 1.165) is 6.07 Å². The Labute approximate surface area is 88.0 Å². The number of hydrogen-bond donors (Lipinski definition) is 0. The largest absolute Gasteiger partial charge is 0.496 e. The predicted octanol–water partition coefficient (Wildman–Crippen LogP) is 3.66. The van der Waals surface area contributed by atoms with Crippen LogP contribution in [-0.2, 0) is 6.18 Å². The Morgan fingerprint density at radius 2 is 1.93 bits per heavy atom. The van der Waals surface area contributed by atoms with Crippen LogP contribution in [-0.4, -0.2) is 7.11 Å². The molecule has 0 bridgehead atoms. The molecule has 0 aromatic heterocycles. The third-order valence-corrected chi connectivity index (χ3v) is 2.30. The van der Waals surface area contributed by atoms with Crippen molar-refractivity contribution in [3.8, 4) is 5.75 Å². The second kappa shape index (κ2) is 3.81. The van der Waals surface area contributed by atoms with Gasteiger partial charge in [0.1, 0.15) is 5.75 Å². The first-order valence-electron chi connectivity index (χ1n) is 3.63. The fraction of sp³-hybridized carbons (Fsp3) is 0.222. The van der Waals surface area contributed by atoms with E-state index in [1.54, 1.807) is 0 Å². The summed E-state index contributed by atoms with van der Waals surface area (Å²) in [5, 5.41) is 0. The number of hydrogen-bond acceptors (Lipinski definition) is 1. The van der Waals surface area contributed by atoms with Gasteiger partial charge in [0, 0.05) is 0 Å². The maximum Gasteiger partial charge on any atom is 0.416 e. The van der Waals surface area contributed by atoms with Crippen LogP contribution in [0.3, 0.4) is 0 Å². The van der Waals surface area contributed by atoms with Crippen LogP contribution in [0.15, 0.2) is 16.6 Å². The van der Waals surface area contributed by atoms with E-state index in [-0.39, 0.29) is 11.3 Å². The highest BCUT2D eigenvalue weighted by Crippen LogP contribution is 2.37. The summed E-state index contributed by atoms with van der Waals surface area (Å²) in [6.07, 6.45) is -4.40. The lowest BCUT2D eigenvalue weighted by atomic mass is 10.1. The number of benzene rings is 1. The minimum absolute atomic E-state index is 0.0785. The summed E-state index contributed by atoms with van der Waals surface area (Å²) in [6.45, 7) is 3.32. The smallest absolute Gasteiger partial charge is 0.416 e. The van der Waals surface area contributed by atoms with Crippen molar-refractivity contribution in [3.63, 3.8) is 0 Å². The Morgan fingerprint density at radius 3 is 2.36 bits per heavy atom. The lowest BCUT2D eigenvalue weighted by molar-refractivity contribution is -0.137. The first kappa shape index (κ1) is 11.4. The van der Waals surface area contributed by atoms with Gasteiger partial charge in [0.15, 0.2) is 0 Å². The van der Waals surface area contributed by atoms with E-state index in [4.69, 9.17) is 4.74 Å². The zero-order valence-electron chi connectivity index (χ0n) is 7.28. The monoisotopic (exact) mass is 267 g/mol. The molecule has 0 aliphatic carbocycles. The molecule has 5 heteroatoms. The molecule has 0 saturated carbocycles. The summed E-state index contributed by atoms with van der Waals surface area (Å²) in [5.74, 6) is 0.143. The maximum absolute atomic E-state index is 12.4. The molecule has 0 atom stereocenters. The van der Waals surface area contributed by atoms with E-state index < -0.39 is 11.7 Å². The van der Waals surface area contributed by atoms with Gasteiger partial charge >= 0.3 is 6.18 Å². The van der Waals surface area contributed by atoms with Crippen LogP contribution in [0.25, 0.3) is 0 Å². The van der Waals surface area contributed by atoms with Crippen molar-refractivity contribution in [2.75, 3.05) is 7.11 Å². The minimum Gasteiger partial charge on any atom is -0.496 e. The normalized spacial score (nSPS) is 11.6. The van der Waals surface area contributed by atoms with E-state index >= 15 is 0 Å². The Hall–Kier alpha value is -0.710. The molecule has 1 aromatic rings. The fourth-order valence-electron chi connectivity index (χ4n) is 1.01. The van der Waals surface area contributed by atoms with Crippen LogP contribution >= 0.6 is 15.9 Å². The zero-order valence-corrected chi connectivity index (χ0v) is 8.87. The second-order valence-electron chi connectivity index (χ2n) is 2.64. The summed E-state index contributed by atoms with van der Waals surface area (Å²) >= 11 is 3.08. The van der Waals surface area contributed by atoms with Crippen molar-refractivity contribution < 1.29 is 17.9 Å².